The van der Waals surface area contributed by atoms with E-state index in [0.29, 0.717) is 27.6 Å². The number of ether oxygens (including phenoxy) is 4. The third kappa shape index (κ3) is 6.04. The third-order valence-electron chi connectivity index (χ3n) is 6.64. The second kappa shape index (κ2) is 12.3. The number of nitro benzene ring substituents is 1. The number of hydrogen-bond acceptors (Lipinski definition) is 9. The Kier molecular flexibility index (Phi) is 8.39. The molecule has 4 aromatic rings. The number of rotatable bonds is 8. The van der Waals surface area contributed by atoms with Crippen LogP contribution in [0.1, 0.15) is 33.0 Å². The van der Waals surface area contributed by atoms with Crippen LogP contribution in [0, 0.1) is 21.4 Å². The summed E-state index contributed by atoms with van der Waals surface area (Å²) >= 11 is 12.3. The number of fused-ring (bicyclic) bond motifs is 1. The Labute approximate surface area is 255 Å². The molecule has 4 aromatic carbocycles. The van der Waals surface area contributed by atoms with Gasteiger partial charge >= 0.3 is 5.97 Å². The number of carbonyl (C=O) groups is 1. The van der Waals surface area contributed by atoms with E-state index in [4.69, 9.17) is 47.9 Å². The topological polar surface area (TPSA) is 147 Å². The molecule has 1 aliphatic heterocycles. The van der Waals surface area contributed by atoms with E-state index in [-0.39, 0.29) is 45.8 Å². The van der Waals surface area contributed by atoms with Crippen LogP contribution in [-0.2, 0) is 6.61 Å². The zero-order valence-electron chi connectivity index (χ0n) is 22.4. The zero-order chi connectivity index (χ0) is 30.7. The van der Waals surface area contributed by atoms with Crippen LogP contribution in [-0.4, -0.2) is 18.0 Å². The predicted molar refractivity (Wildman–Crippen MR) is 158 cm³/mol. The normalized spacial score (nSPS) is 13.8. The van der Waals surface area contributed by atoms with E-state index in [0.717, 1.165) is 11.6 Å². The Hall–Kier alpha value is -5.24. The van der Waals surface area contributed by atoms with Gasteiger partial charge in [-0.05, 0) is 35.9 Å². The van der Waals surface area contributed by atoms with Crippen LogP contribution >= 0.6 is 23.2 Å². The van der Waals surface area contributed by atoms with E-state index in [1.165, 1.54) is 31.4 Å². The van der Waals surface area contributed by atoms with Crippen LogP contribution < -0.4 is 24.7 Å². The van der Waals surface area contributed by atoms with E-state index < -0.39 is 16.8 Å². The minimum atomic E-state index is -0.903. The number of esters is 1. The van der Waals surface area contributed by atoms with Gasteiger partial charge in [0.2, 0.25) is 5.88 Å². The van der Waals surface area contributed by atoms with Crippen molar-refractivity contribution in [3.8, 4) is 29.1 Å². The molecule has 0 radical (unpaired) electrons. The molecule has 1 atom stereocenters. The average Bonchev–Trinajstić information content (AvgIpc) is 3.00. The number of benzene rings is 4. The summed E-state index contributed by atoms with van der Waals surface area (Å²) in [7, 11) is 1.50. The number of halogens is 2. The molecular formula is C31H21Cl2N3O7. The zero-order valence-corrected chi connectivity index (χ0v) is 23.9. The molecule has 0 amide bonds. The Bertz CT molecular complexity index is 1830. The molecule has 12 heteroatoms. The average molecular weight is 618 g/mol. The van der Waals surface area contributed by atoms with Crippen molar-refractivity contribution in [2.24, 2.45) is 5.73 Å². The Morgan fingerprint density at radius 1 is 1.05 bits per heavy atom. The number of methoxy groups -OCH3 is 1. The van der Waals surface area contributed by atoms with Gasteiger partial charge in [-0.15, -0.1) is 0 Å². The summed E-state index contributed by atoms with van der Waals surface area (Å²) in [5.74, 6) is -0.461. The standard InChI is InChI=1S/C31H21Cl2N3O7/c1-40-28-12-17(6-11-26(28)41-16-18-4-2-3-5-24(18)32)29-21-9-8-20(14-27(21)43-30(35)23(29)15-34)42-31(37)22-13-19(36(38)39)7-10-25(22)33/h2-14,29H,16,35H2,1H3. The van der Waals surface area contributed by atoms with Gasteiger partial charge in [0.1, 0.15) is 29.7 Å². The Balaban J connectivity index is 1.44. The van der Waals surface area contributed by atoms with Crippen LogP contribution in [0.3, 0.4) is 0 Å². The molecule has 5 rings (SSSR count). The van der Waals surface area contributed by atoms with Gasteiger partial charge in [0.15, 0.2) is 11.5 Å². The van der Waals surface area contributed by atoms with E-state index in [1.807, 2.05) is 18.2 Å². The van der Waals surface area contributed by atoms with E-state index >= 15 is 0 Å². The lowest BCUT2D eigenvalue weighted by molar-refractivity contribution is -0.384. The van der Waals surface area contributed by atoms with Crippen LogP contribution in [0.4, 0.5) is 5.69 Å². The molecule has 0 saturated heterocycles. The maximum atomic E-state index is 12.8. The first-order chi connectivity index (χ1) is 20.7. The maximum absolute atomic E-state index is 12.8. The largest absolute Gasteiger partial charge is 0.493 e. The Morgan fingerprint density at radius 3 is 2.56 bits per heavy atom. The maximum Gasteiger partial charge on any atom is 0.345 e. The summed E-state index contributed by atoms with van der Waals surface area (Å²) in [6, 6.07) is 22.7. The molecule has 0 bridgehead atoms. The number of nitro groups is 1. The molecule has 2 N–H and O–H groups in total. The second-order valence-electron chi connectivity index (χ2n) is 9.23. The van der Waals surface area contributed by atoms with Gasteiger partial charge in [-0.2, -0.15) is 5.26 Å². The molecule has 0 spiro atoms. The van der Waals surface area contributed by atoms with Crippen molar-refractivity contribution in [1.29, 1.82) is 5.26 Å². The minimum Gasteiger partial charge on any atom is -0.493 e. The highest BCUT2D eigenvalue weighted by Crippen LogP contribution is 2.45. The number of nitriles is 1. The fourth-order valence-electron chi connectivity index (χ4n) is 4.54. The number of non-ortho nitro benzene ring substituents is 1. The third-order valence-corrected chi connectivity index (χ3v) is 7.34. The van der Waals surface area contributed by atoms with Crippen molar-refractivity contribution >= 4 is 34.9 Å². The van der Waals surface area contributed by atoms with Gasteiger partial charge in [0.25, 0.3) is 5.69 Å². The predicted octanol–water partition coefficient (Wildman–Crippen LogP) is 6.93. The first-order valence-corrected chi connectivity index (χ1v) is 13.4. The summed E-state index contributed by atoms with van der Waals surface area (Å²) in [4.78, 5) is 23.3. The minimum absolute atomic E-state index is 0.0102. The lowest BCUT2D eigenvalue weighted by Crippen LogP contribution is -2.21. The van der Waals surface area contributed by atoms with Gasteiger partial charge < -0.3 is 24.7 Å². The number of nitrogens with two attached hydrogens (primary N) is 1. The van der Waals surface area contributed by atoms with Gasteiger partial charge in [0.05, 0.1) is 28.5 Å². The molecule has 0 aromatic heterocycles. The molecule has 1 heterocycles. The lowest BCUT2D eigenvalue weighted by Gasteiger charge is -2.27. The fraction of sp³-hybridized carbons (Fsp3) is 0.0968. The summed E-state index contributed by atoms with van der Waals surface area (Å²) in [6.07, 6.45) is 0. The van der Waals surface area contributed by atoms with Crippen molar-refractivity contribution in [3.63, 3.8) is 0 Å². The highest BCUT2D eigenvalue weighted by Gasteiger charge is 2.32. The van der Waals surface area contributed by atoms with Gasteiger partial charge in [-0.25, -0.2) is 4.79 Å². The Morgan fingerprint density at radius 2 is 1.84 bits per heavy atom. The summed E-state index contributed by atoms with van der Waals surface area (Å²) in [5.41, 5.74) is 7.87. The van der Waals surface area contributed by atoms with Crippen molar-refractivity contribution in [1.82, 2.24) is 0 Å². The summed E-state index contributed by atoms with van der Waals surface area (Å²) < 4.78 is 22.7. The van der Waals surface area contributed by atoms with E-state index in [9.17, 15) is 20.2 Å². The molecule has 0 saturated carbocycles. The van der Waals surface area contributed by atoms with Gasteiger partial charge in [-0.1, -0.05) is 53.5 Å². The van der Waals surface area contributed by atoms with Crippen molar-refractivity contribution < 1.29 is 28.7 Å². The van der Waals surface area contributed by atoms with Crippen molar-refractivity contribution in [3.05, 3.63) is 133 Å². The highest BCUT2D eigenvalue weighted by atomic mass is 35.5. The van der Waals surface area contributed by atoms with Crippen LogP contribution in [0.25, 0.3) is 0 Å². The smallest absolute Gasteiger partial charge is 0.345 e. The number of nitrogens with zero attached hydrogens (tertiary/aromatic N) is 2. The monoisotopic (exact) mass is 617 g/mol. The summed E-state index contributed by atoms with van der Waals surface area (Å²) in [5, 5.41) is 21.7. The van der Waals surface area contributed by atoms with Gasteiger partial charge in [0, 0.05) is 34.3 Å². The SMILES string of the molecule is COc1cc(C2C(C#N)=C(N)Oc3cc(OC(=O)c4cc([N+](=O)[O-])ccc4Cl)ccc32)ccc1OCc1ccccc1Cl. The first kappa shape index (κ1) is 29.3. The van der Waals surface area contributed by atoms with E-state index in [2.05, 4.69) is 6.07 Å². The molecule has 10 nitrogen and oxygen atoms in total. The first-order valence-electron chi connectivity index (χ1n) is 12.6. The van der Waals surface area contributed by atoms with Crippen molar-refractivity contribution in [2.75, 3.05) is 7.11 Å². The van der Waals surface area contributed by atoms with Crippen LogP contribution in [0.5, 0.6) is 23.0 Å². The van der Waals surface area contributed by atoms with Crippen LogP contribution in [0.15, 0.2) is 90.3 Å². The number of allylic oxidation sites excluding steroid dienone is 1. The van der Waals surface area contributed by atoms with Gasteiger partial charge in [-0.3, -0.25) is 10.1 Å². The second-order valence-corrected chi connectivity index (χ2v) is 10.0. The number of carbonyl (C=O) groups excluding carboxylic acids is 1. The molecule has 1 unspecified atom stereocenters. The lowest BCUT2D eigenvalue weighted by atomic mass is 9.83. The molecular weight excluding hydrogens is 597 g/mol. The fourth-order valence-corrected chi connectivity index (χ4v) is 4.93. The highest BCUT2D eigenvalue weighted by molar-refractivity contribution is 6.33. The molecule has 0 aliphatic carbocycles. The molecule has 43 heavy (non-hydrogen) atoms. The van der Waals surface area contributed by atoms with Crippen molar-refractivity contribution in [2.45, 2.75) is 12.5 Å². The van der Waals surface area contributed by atoms with E-state index in [1.54, 1.807) is 30.3 Å². The quantitative estimate of drug-likeness (QED) is 0.0961. The molecule has 1 aliphatic rings. The summed E-state index contributed by atoms with van der Waals surface area (Å²) in [6.45, 7) is 0.217. The molecule has 216 valence electrons. The van der Waals surface area contributed by atoms with Crippen LogP contribution in [0.2, 0.25) is 10.0 Å². The number of hydrogen-bond donors (Lipinski definition) is 1. The molecule has 0 fully saturated rings.